The van der Waals surface area contributed by atoms with E-state index in [0.29, 0.717) is 12.2 Å². The minimum absolute atomic E-state index is 0.196. The Labute approximate surface area is 172 Å². The van der Waals surface area contributed by atoms with Crippen LogP contribution in [0.25, 0.3) is 22.6 Å². The van der Waals surface area contributed by atoms with Gasteiger partial charge < -0.3 is 10.3 Å². The number of likely N-dealkylation sites (tertiary alicyclic amines) is 1. The zero-order valence-electron chi connectivity index (χ0n) is 16.1. The predicted octanol–water partition coefficient (Wildman–Crippen LogP) is 2.58. The highest BCUT2D eigenvalue weighted by Gasteiger charge is 2.31. The van der Waals surface area contributed by atoms with Crippen LogP contribution in [-0.2, 0) is 6.54 Å². The molecule has 0 bridgehead atoms. The van der Waals surface area contributed by atoms with Crippen molar-refractivity contribution in [1.29, 1.82) is 0 Å². The molecule has 30 heavy (non-hydrogen) atoms. The van der Waals surface area contributed by atoms with Gasteiger partial charge in [-0.2, -0.15) is 0 Å². The van der Waals surface area contributed by atoms with Crippen molar-refractivity contribution < 1.29 is 4.39 Å². The first-order valence-electron chi connectivity index (χ1n) is 9.57. The fourth-order valence-corrected chi connectivity index (χ4v) is 3.68. The van der Waals surface area contributed by atoms with Crippen molar-refractivity contribution in [3.63, 3.8) is 0 Å². The normalized spacial score (nSPS) is 14.6. The Balaban J connectivity index is 1.46. The van der Waals surface area contributed by atoms with Crippen LogP contribution in [0.1, 0.15) is 11.9 Å². The van der Waals surface area contributed by atoms with Gasteiger partial charge in [0.1, 0.15) is 11.6 Å². The Hall–Kier alpha value is -3.72. The fourth-order valence-electron chi connectivity index (χ4n) is 3.68. The molecule has 0 saturated carbocycles. The van der Waals surface area contributed by atoms with Gasteiger partial charge in [0.2, 0.25) is 5.95 Å². The Bertz CT molecular complexity index is 1150. The quantitative estimate of drug-likeness (QED) is 0.548. The van der Waals surface area contributed by atoms with Gasteiger partial charge in [-0.25, -0.2) is 29.3 Å². The molecule has 0 atom stereocenters. The average molecular weight is 402 g/mol. The molecule has 9 heteroatoms. The summed E-state index contributed by atoms with van der Waals surface area (Å²) < 4.78 is 15.5. The number of aromatic nitrogens is 6. The monoisotopic (exact) mass is 402 g/mol. The van der Waals surface area contributed by atoms with Crippen molar-refractivity contribution in [2.75, 3.05) is 18.8 Å². The number of hydrogen-bond acceptors (Lipinski definition) is 7. The van der Waals surface area contributed by atoms with Gasteiger partial charge in [0.25, 0.3) is 0 Å². The maximum atomic E-state index is 13.4. The van der Waals surface area contributed by atoms with Gasteiger partial charge >= 0.3 is 0 Å². The van der Waals surface area contributed by atoms with E-state index >= 15 is 0 Å². The fraction of sp³-hybridized carbons (Fsp3) is 0.190. The van der Waals surface area contributed by atoms with Crippen LogP contribution in [-0.4, -0.2) is 47.5 Å². The lowest BCUT2D eigenvalue weighted by molar-refractivity contribution is 0.0967. The van der Waals surface area contributed by atoms with E-state index in [4.69, 9.17) is 5.73 Å². The number of halogens is 1. The van der Waals surface area contributed by atoms with Crippen LogP contribution in [0.4, 0.5) is 10.3 Å². The summed E-state index contributed by atoms with van der Waals surface area (Å²) in [6.07, 6.45) is 6.95. The minimum Gasteiger partial charge on any atom is -0.368 e. The van der Waals surface area contributed by atoms with Crippen molar-refractivity contribution in [2.45, 2.75) is 12.6 Å². The van der Waals surface area contributed by atoms with Gasteiger partial charge in [-0.05, 0) is 36.4 Å². The van der Waals surface area contributed by atoms with E-state index in [2.05, 4.69) is 34.4 Å². The van der Waals surface area contributed by atoms with Crippen molar-refractivity contribution in [3.8, 4) is 22.6 Å². The molecule has 4 aromatic rings. The standard InChI is InChI=1S/C21H19FN8/c22-15-4-2-14(3-5-15)19-20(17-6-9-26-21(23)28-17)30(13-27-19)16-10-29(11-16)12-18-24-7-1-8-25-18/h1-9,13,16H,10-12H2,(H2,23,26,28). The molecule has 1 fully saturated rings. The van der Waals surface area contributed by atoms with Gasteiger partial charge in [0.15, 0.2) is 0 Å². The third-order valence-corrected chi connectivity index (χ3v) is 5.14. The largest absolute Gasteiger partial charge is 0.368 e. The smallest absolute Gasteiger partial charge is 0.220 e. The van der Waals surface area contributed by atoms with E-state index in [1.54, 1.807) is 30.7 Å². The van der Waals surface area contributed by atoms with Crippen molar-refractivity contribution >= 4 is 5.95 Å². The molecule has 1 aliphatic rings. The summed E-state index contributed by atoms with van der Waals surface area (Å²) in [4.78, 5) is 23.9. The second kappa shape index (κ2) is 7.60. The number of benzene rings is 1. The highest BCUT2D eigenvalue weighted by atomic mass is 19.1. The third-order valence-electron chi connectivity index (χ3n) is 5.14. The minimum atomic E-state index is -0.288. The van der Waals surface area contributed by atoms with E-state index in [0.717, 1.165) is 35.9 Å². The maximum Gasteiger partial charge on any atom is 0.220 e. The van der Waals surface area contributed by atoms with Crippen LogP contribution < -0.4 is 5.73 Å². The van der Waals surface area contributed by atoms with E-state index in [-0.39, 0.29) is 17.8 Å². The lowest BCUT2D eigenvalue weighted by Gasteiger charge is -2.40. The molecule has 0 unspecified atom stereocenters. The third kappa shape index (κ3) is 3.50. The SMILES string of the molecule is Nc1nccc(-c2c(-c3ccc(F)cc3)ncn2C2CN(Cc3ncccn3)C2)n1. The number of hydrogen-bond donors (Lipinski definition) is 1. The molecule has 150 valence electrons. The molecule has 2 N–H and O–H groups in total. The molecule has 5 rings (SSSR count). The molecule has 0 radical (unpaired) electrons. The van der Waals surface area contributed by atoms with Crippen molar-refractivity contribution in [3.05, 3.63) is 73.0 Å². The summed E-state index contributed by atoms with van der Waals surface area (Å²) in [5.74, 6) is 0.711. The van der Waals surface area contributed by atoms with Crippen LogP contribution in [0.15, 0.2) is 61.3 Å². The first-order chi connectivity index (χ1) is 14.7. The molecule has 1 aliphatic heterocycles. The Morgan fingerprint density at radius 2 is 1.73 bits per heavy atom. The van der Waals surface area contributed by atoms with Crippen LogP contribution in [0.3, 0.4) is 0 Å². The van der Waals surface area contributed by atoms with E-state index in [9.17, 15) is 4.39 Å². The second-order valence-electron chi connectivity index (χ2n) is 7.17. The first kappa shape index (κ1) is 18.3. The number of anilines is 1. The molecule has 4 heterocycles. The summed E-state index contributed by atoms with van der Waals surface area (Å²) in [5.41, 5.74) is 8.91. The molecule has 0 amide bonds. The topological polar surface area (TPSA) is 98.6 Å². The Kier molecular flexibility index (Phi) is 4.64. The number of nitrogens with zero attached hydrogens (tertiary/aromatic N) is 7. The molecule has 1 saturated heterocycles. The Morgan fingerprint density at radius 3 is 2.47 bits per heavy atom. The van der Waals surface area contributed by atoms with Crippen LogP contribution in [0.2, 0.25) is 0 Å². The summed E-state index contributed by atoms with van der Waals surface area (Å²) in [7, 11) is 0. The van der Waals surface area contributed by atoms with Crippen LogP contribution in [0, 0.1) is 5.82 Å². The maximum absolute atomic E-state index is 13.4. The lowest BCUT2D eigenvalue weighted by Crippen LogP contribution is -2.47. The number of rotatable bonds is 5. The number of nitrogens with two attached hydrogens (primary N) is 1. The highest BCUT2D eigenvalue weighted by Crippen LogP contribution is 2.35. The lowest BCUT2D eigenvalue weighted by atomic mass is 10.1. The van der Waals surface area contributed by atoms with E-state index in [1.807, 2.05) is 18.5 Å². The Morgan fingerprint density at radius 1 is 0.967 bits per heavy atom. The van der Waals surface area contributed by atoms with Gasteiger partial charge in [0.05, 0.1) is 36.0 Å². The molecule has 8 nitrogen and oxygen atoms in total. The average Bonchev–Trinajstić information content (AvgIpc) is 3.16. The van der Waals surface area contributed by atoms with Gasteiger partial charge in [-0.15, -0.1) is 0 Å². The number of nitrogen functional groups attached to an aromatic ring is 1. The zero-order chi connectivity index (χ0) is 20.5. The molecule has 0 aliphatic carbocycles. The molecule has 0 spiro atoms. The molecular weight excluding hydrogens is 383 g/mol. The first-order valence-corrected chi connectivity index (χ1v) is 9.57. The molecule has 3 aromatic heterocycles. The summed E-state index contributed by atoms with van der Waals surface area (Å²) >= 11 is 0. The van der Waals surface area contributed by atoms with Crippen LogP contribution in [0.5, 0.6) is 0 Å². The highest BCUT2D eigenvalue weighted by molar-refractivity contribution is 5.77. The number of imidazole rings is 1. The molecule has 1 aromatic carbocycles. The molecular formula is C21H19FN8. The summed E-state index contributed by atoms with van der Waals surface area (Å²) in [6, 6.07) is 10.1. The van der Waals surface area contributed by atoms with Gasteiger partial charge in [-0.3, -0.25) is 4.90 Å². The van der Waals surface area contributed by atoms with E-state index < -0.39 is 0 Å². The predicted molar refractivity (Wildman–Crippen MR) is 109 cm³/mol. The van der Waals surface area contributed by atoms with Gasteiger partial charge in [-0.1, -0.05) is 0 Å². The van der Waals surface area contributed by atoms with Crippen molar-refractivity contribution in [1.82, 2.24) is 34.4 Å². The summed E-state index contributed by atoms with van der Waals surface area (Å²) in [5, 5.41) is 0. The summed E-state index contributed by atoms with van der Waals surface area (Å²) in [6.45, 7) is 2.38. The van der Waals surface area contributed by atoms with Gasteiger partial charge in [0, 0.05) is 37.2 Å². The van der Waals surface area contributed by atoms with E-state index in [1.165, 1.54) is 12.1 Å². The van der Waals surface area contributed by atoms with Crippen molar-refractivity contribution in [2.24, 2.45) is 0 Å². The van der Waals surface area contributed by atoms with Crippen LogP contribution >= 0.6 is 0 Å². The second-order valence-corrected chi connectivity index (χ2v) is 7.17. The zero-order valence-corrected chi connectivity index (χ0v) is 16.1.